The molecule has 54 valence electrons. The van der Waals surface area contributed by atoms with Gasteiger partial charge in [-0.25, -0.2) is 0 Å². The minimum absolute atomic E-state index is 0.853. The molecule has 0 aliphatic heterocycles. The molecule has 0 saturated carbocycles. The maximum absolute atomic E-state index is 5.10. The second kappa shape index (κ2) is 6.55. The molecule has 0 nitrogen and oxygen atoms in total. The predicted molar refractivity (Wildman–Crippen MR) is 48.9 cm³/mol. The summed E-state index contributed by atoms with van der Waals surface area (Å²) in [6.07, 6.45) is 10.1. The Kier molecular flexibility index (Phi) is 6.18. The highest BCUT2D eigenvalue weighted by Gasteiger charge is 1.91. The van der Waals surface area contributed by atoms with Crippen molar-refractivity contribution >= 4 is 11.8 Å². The van der Waals surface area contributed by atoms with Crippen LogP contribution in [0.1, 0.15) is 19.3 Å². The van der Waals surface area contributed by atoms with Crippen molar-refractivity contribution in [2.24, 2.45) is 0 Å². The van der Waals surface area contributed by atoms with E-state index < -0.39 is 0 Å². The van der Waals surface area contributed by atoms with Gasteiger partial charge in [-0.3, -0.25) is 0 Å². The van der Waals surface area contributed by atoms with Crippen LogP contribution in [-0.4, -0.2) is 6.26 Å². The summed E-state index contributed by atoms with van der Waals surface area (Å²) in [6, 6.07) is 0. The van der Waals surface area contributed by atoms with Gasteiger partial charge in [-0.15, -0.1) is 29.8 Å². The lowest BCUT2D eigenvalue weighted by molar-refractivity contribution is 0.879. The van der Waals surface area contributed by atoms with Gasteiger partial charge in [-0.2, -0.15) is 0 Å². The molecule has 0 heterocycles. The first-order valence-corrected chi connectivity index (χ1v) is 4.44. The standard InChI is InChI=1S/C9H12S/c1-4-6-7-8-9(5-2)10-3/h1H,2,6-8H2,3H3. The van der Waals surface area contributed by atoms with Crippen LogP contribution < -0.4 is 0 Å². The van der Waals surface area contributed by atoms with E-state index >= 15 is 0 Å². The van der Waals surface area contributed by atoms with Crippen LogP contribution in [0, 0.1) is 12.3 Å². The number of hydrogen-bond acceptors (Lipinski definition) is 1. The molecule has 0 unspecified atom stereocenters. The van der Waals surface area contributed by atoms with Gasteiger partial charge in [-0.1, -0.05) is 6.58 Å². The molecule has 0 aromatic heterocycles. The molecular formula is C9H12S. The number of terminal acetylenes is 1. The van der Waals surface area contributed by atoms with Crippen molar-refractivity contribution in [3.05, 3.63) is 17.2 Å². The molecule has 0 radical (unpaired) electrons. The second-order valence-electron chi connectivity index (χ2n) is 1.86. The highest BCUT2D eigenvalue weighted by atomic mass is 32.2. The maximum atomic E-state index is 5.10. The van der Waals surface area contributed by atoms with Crippen molar-refractivity contribution in [1.29, 1.82) is 0 Å². The van der Waals surface area contributed by atoms with E-state index in [0.717, 1.165) is 19.3 Å². The highest BCUT2D eigenvalue weighted by molar-refractivity contribution is 8.02. The number of thioether (sulfide) groups is 1. The van der Waals surface area contributed by atoms with Crippen molar-refractivity contribution in [3.8, 4) is 12.3 Å². The van der Waals surface area contributed by atoms with Gasteiger partial charge in [0.05, 0.1) is 0 Å². The van der Waals surface area contributed by atoms with E-state index in [0.29, 0.717) is 0 Å². The zero-order valence-electron chi connectivity index (χ0n) is 6.31. The molecular weight excluding hydrogens is 140 g/mol. The third-order valence-electron chi connectivity index (χ3n) is 1.17. The van der Waals surface area contributed by atoms with E-state index in [9.17, 15) is 0 Å². The number of allylic oxidation sites excluding steroid dienone is 1. The molecule has 0 saturated heterocycles. The summed E-state index contributed by atoms with van der Waals surface area (Å²) >= 11 is 1.69. The molecule has 0 aromatic carbocycles. The van der Waals surface area contributed by atoms with E-state index in [1.54, 1.807) is 11.8 Å². The molecule has 0 bridgehead atoms. The third-order valence-corrected chi connectivity index (χ3v) is 2.01. The molecule has 0 aliphatic rings. The van der Waals surface area contributed by atoms with E-state index in [1.807, 2.05) is 6.26 Å². The Morgan fingerprint density at radius 1 is 1.70 bits per heavy atom. The second-order valence-corrected chi connectivity index (χ2v) is 2.76. The molecule has 0 atom stereocenters. The monoisotopic (exact) mass is 152 g/mol. The van der Waals surface area contributed by atoms with E-state index in [-0.39, 0.29) is 0 Å². The summed E-state index contributed by atoms with van der Waals surface area (Å²) in [5, 5.41) is 0. The van der Waals surface area contributed by atoms with Gasteiger partial charge >= 0.3 is 0 Å². The summed E-state index contributed by atoms with van der Waals surface area (Å²) in [5.41, 5.74) is 2.87. The fraction of sp³-hybridized carbons (Fsp3) is 0.444. The molecule has 0 fully saturated rings. The van der Waals surface area contributed by atoms with Crippen molar-refractivity contribution in [2.45, 2.75) is 19.3 Å². The topological polar surface area (TPSA) is 0 Å². The van der Waals surface area contributed by atoms with Crippen LogP contribution in [0.2, 0.25) is 0 Å². The van der Waals surface area contributed by atoms with Crippen LogP contribution in [-0.2, 0) is 0 Å². The molecule has 10 heavy (non-hydrogen) atoms. The first-order valence-electron chi connectivity index (χ1n) is 3.21. The minimum Gasteiger partial charge on any atom is -0.126 e. The average molecular weight is 152 g/mol. The van der Waals surface area contributed by atoms with Crippen molar-refractivity contribution in [1.82, 2.24) is 0 Å². The van der Waals surface area contributed by atoms with Gasteiger partial charge in [0.25, 0.3) is 0 Å². The van der Waals surface area contributed by atoms with Crippen LogP contribution in [0.4, 0.5) is 0 Å². The lowest BCUT2D eigenvalue weighted by Gasteiger charge is -1.96. The van der Waals surface area contributed by atoms with Crippen molar-refractivity contribution < 1.29 is 0 Å². The Morgan fingerprint density at radius 2 is 2.40 bits per heavy atom. The summed E-state index contributed by atoms with van der Waals surface area (Å²) < 4.78 is 0. The van der Waals surface area contributed by atoms with Crippen LogP contribution >= 0.6 is 11.8 Å². The zero-order valence-corrected chi connectivity index (χ0v) is 7.13. The normalized spacial score (nSPS) is 8.00. The summed E-state index contributed by atoms with van der Waals surface area (Å²) in [6.45, 7) is 3.58. The first kappa shape index (κ1) is 9.43. The Bertz CT molecular complexity index is 168. The van der Waals surface area contributed by atoms with Gasteiger partial charge in [0.2, 0.25) is 0 Å². The molecule has 0 aromatic rings. The molecule has 0 rings (SSSR count). The van der Waals surface area contributed by atoms with Gasteiger partial charge in [0.1, 0.15) is 0 Å². The summed E-state index contributed by atoms with van der Waals surface area (Å²) in [5.74, 6) is 2.60. The van der Waals surface area contributed by atoms with Crippen LogP contribution in [0.15, 0.2) is 17.2 Å². The van der Waals surface area contributed by atoms with Crippen molar-refractivity contribution in [3.63, 3.8) is 0 Å². The van der Waals surface area contributed by atoms with Crippen LogP contribution in [0.5, 0.6) is 0 Å². The Hall–Kier alpha value is -0.570. The third kappa shape index (κ3) is 4.32. The fourth-order valence-corrected chi connectivity index (χ4v) is 1.11. The largest absolute Gasteiger partial charge is 0.126 e. The number of rotatable bonds is 4. The Morgan fingerprint density at radius 3 is 2.80 bits per heavy atom. The van der Waals surface area contributed by atoms with Crippen LogP contribution in [0.3, 0.4) is 0 Å². The van der Waals surface area contributed by atoms with E-state index in [2.05, 4.69) is 18.2 Å². The lowest BCUT2D eigenvalue weighted by atomic mass is 10.2. The van der Waals surface area contributed by atoms with Gasteiger partial charge in [0, 0.05) is 11.3 Å². The quantitative estimate of drug-likeness (QED) is 0.339. The van der Waals surface area contributed by atoms with Gasteiger partial charge in [0.15, 0.2) is 0 Å². The smallest absolute Gasteiger partial charge is 0.0257 e. The highest BCUT2D eigenvalue weighted by Crippen LogP contribution is 2.16. The minimum atomic E-state index is 0.853. The maximum Gasteiger partial charge on any atom is 0.0257 e. The average Bonchev–Trinajstić information content (AvgIpc) is 1.99. The fourth-order valence-electron chi connectivity index (χ4n) is 0.614. The Labute approximate surface area is 67.4 Å². The number of unbranched alkanes of at least 4 members (excludes halogenated alkanes) is 1. The summed E-state index contributed by atoms with van der Waals surface area (Å²) in [7, 11) is 0. The SMILES string of the molecule is C#CCCCC(=C=C)SC. The van der Waals surface area contributed by atoms with Crippen molar-refractivity contribution in [2.75, 3.05) is 6.26 Å². The zero-order chi connectivity index (χ0) is 7.82. The van der Waals surface area contributed by atoms with E-state index in [4.69, 9.17) is 6.42 Å². The summed E-state index contributed by atoms with van der Waals surface area (Å²) in [4.78, 5) is 1.20. The molecule has 0 N–H and O–H groups in total. The molecule has 0 spiro atoms. The molecule has 0 aliphatic carbocycles. The number of hydrogen-bond donors (Lipinski definition) is 0. The van der Waals surface area contributed by atoms with E-state index in [1.165, 1.54) is 4.91 Å². The van der Waals surface area contributed by atoms with Gasteiger partial charge in [-0.05, 0) is 19.1 Å². The molecule has 0 amide bonds. The van der Waals surface area contributed by atoms with Crippen LogP contribution in [0.25, 0.3) is 0 Å². The molecule has 1 heteroatoms. The Balaban J connectivity index is 3.49. The first-order chi connectivity index (χ1) is 4.85. The van der Waals surface area contributed by atoms with Gasteiger partial charge < -0.3 is 0 Å². The predicted octanol–water partition coefficient (Wildman–Crippen LogP) is 2.82. The lowest BCUT2D eigenvalue weighted by Crippen LogP contribution is -1.75.